The Morgan fingerprint density at radius 1 is 1.05 bits per heavy atom. The molecule has 9 atom stereocenters. The van der Waals surface area contributed by atoms with Crippen LogP contribution in [-0.4, -0.2) is 62.0 Å². The van der Waals surface area contributed by atoms with Gasteiger partial charge in [0.2, 0.25) is 0 Å². The largest absolute Gasteiger partial charge is 0.456 e. The summed E-state index contributed by atoms with van der Waals surface area (Å²) in [5, 5.41) is 34.0. The maximum absolute atomic E-state index is 14.3. The molecular formula is C32H46O8. The number of Topliss-reactive ketones (excluding diaryl/α,β-unsaturated/α-hetero) is 2. The summed E-state index contributed by atoms with van der Waals surface area (Å²) >= 11 is 0. The molecule has 3 unspecified atom stereocenters. The summed E-state index contributed by atoms with van der Waals surface area (Å²) in [4.78, 5) is 52.1. The lowest BCUT2D eigenvalue weighted by molar-refractivity contribution is -0.183. The Bertz CT molecular complexity index is 1210. The highest BCUT2D eigenvalue weighted by Crippen LogP contribution is 2.74. The number of hydrogen-bond donors (Lipinski definition) is 3. The molecule has 8 nitrogen and oxygen atoms in total. The van der Waals surface area contributed by atoms with E-state index in [2.05, 4.69) is 13.0 Å². The minimum Gasteiger partial charge on any atom is -0.456 e. The van der Waals surface area contributed by atoms with Crippen molar-refractivity contribution in [3.63, 3.8) is 0 Å². The normalized spacial score (nSPS) is 42.4. The zero-order valence-corrected chi connectivity index (χ0v) is 25.3. The molecule has 0 saturated heterocycles. The van der Waals surface area contributed by atoms with Gasteiger partial charge in [0.05, 0.1) is 6.10 Å². The molecule has 0 heterocycles. The van der Waals surface area contributed by atoms with Crippen LogP contribution in [-0.2, 0) is 23.9 Å². The summed E-state index contributed by atoms with van der Waals surface area (Å²) in [6.07, 6.45) is 3.55. The maximum Gasteiger partial charge on any atom is 0.303 e. The van der Waals surface area contributed by atoms with E-state index in [4.69, 9.17) is 4.74 Å². The molecule has 0 spiro atoms. The predicted molar refractivity (Wildman–Crippen MR) is 148 cm³/mol. The summed E-state index contributed by atoms with van der Waals surface area (Å²) < 4.78 is 5.23. The highest BCUT2D eigenvalue weighted by Gasteiger charge is 2.74. The number of carbonyl (C=O) groups is 4. The third kappa shape index (κ3) is 4.11. The van der Waals surface area contributed by atoms with E-state index >= 15 is 0 Å². The summed E-state index contributed by atoms with van der Waals surface area (Å²) in [5.74, 6) is -2.85. The number of aliphatic hydroxyl groups excluding tert-OH is 2. The molecule has 0 radical (unpaired) electrons. The number of esters is 1. The molecule has 0 aromatic carbocycles. The molecule has 0 aliphatic heterocycles. The number of aliphatic hydroxyl groups is 3. The Kier molecular flexibility index (Phi) is 7.06. The van der Waals surface area contributed by atoms with E-state index in [0.29, 0.717) is 12.8 Å². The van der Waals surface area contributed by atoms with Crippen LogP contribution in [0.1, 0.15) is 88.0 Å². The molecule has 0 bridgehead atoms. The molecule has 40 heavy (non-hydrogen) atoms. The van der Waals surface area contributed by atoms with E-state index in [-0.39, 0.29) is 36.2 Å². The maximum atomic E-state index is 14.3. The van der Waals surface area contributed by atoms with Crippen LogP contribution < -0.4 is 0 Å². The van der Waals surface area contributed by atoms with Gasteiger partial charge in [0, 0.05) is 30.1 Å². The SMILES string of the molecule is CC(=O)OC(C)(C)/C=C/C(=O)[C@](C)(O)[C@H]1[C@H](O)CC2(C)C3CC=C4C(C[C@H](O)C(=O)C4(C)C)[C@]3(C)C(=O)C[C@]12C. The summed E-state index contributed by atoms with van der Waals surface area (Å²) in [6.45, 7) is 15.4. The number of ketones is 3. The van der Waals surface area contributed by atoms with Gasteiger partial charge in [-0.15, -0.1) is 0 Å². The van der Waals surface area contributed by atoms with Gasteiger partial charge < -0.3 is 20.1 Å². The lowest BCUT2D eigenvalue weighted by atomic mass is 9.38. The summed E-state index contributed by atoms with van der Waals surface area (Å²) in [5.41, 5.74) is -5.43. The quantitative estimate of drug-likeness (QED) is 0.265. The number of allylic oxidation sites excluding steroid dienone is 2. The topological polar surface area (TPSA) is 138 Å². The van der Waals surface area contributed by atoms with Gasteiger partial charge >= 0.3 is 5.97 Å². The van der Waals surface area contributed by atoms with Crippen LogP contribution in [0.3, 0.4) is 0 Å². The van der Waals surface area contributed by atoms with Crippen molar-refractivity contribution in [2.75, 3.05) is 0 Å². The first-order valence-corrected chi connectivity index (χ1v) is 14.4. The molecule has 3 fully saturated rings. The lowest BCUT2D eigenvalue weighted by Crippen LogP contribution is -2.65. The summed E-state index contributed by atoms with van der Waals surface area (Å²) in [6, 6.07) is 0. The monoisotopic (exact) mass is 558 g/mol. The zero-order chi connectivity index (χ0) is 30.4. The van der Waals surface area contributed by atoms with Crippen molar-refractivity contribution in [3.8, 4) is 0 Å². The third-order valence-corrected chi connectivity index (χ3v) is 11.5. The van der Waals surface area contributed by atoms with E-state index in [1.807, 2.05) is 27.7 Å². The van der Waals surface area contributed by atoms with E-state index in [0.717, 1.165) is 5.57 Å². The fraction of sp³-hybridized carbons (Fsp3) is 0.750. The van der Waals surface area contributed by atoms with Crippen LogP contribution in [0.25, 0.3) is 0 Å². The molecule has 222 valence electrons. The van der Waals surface area contributed by atoms with E-state index in [1.165, 1.54) is 26.0 Å². The Morgan fingerprint density at radius 2 is 1.65 bits per heavy atom. The van der Waals surface area contributed by atoms with Crippen LogP contribution in [0.2, 0.25) is 0 Å². The first-order valence-electron chi connectivity index (χ1n) is 14.4. The first kappa shape index (κ1) is 30.8. The zero-order valence-electron chi connectivity index (χ0n) is 25.3. The van der Waals surface area contributed by atoms with Crippen molar-refractivity contribution >= 4 is 23.3 Å². The minimum absolute atomic E-state index is 0.0284. The smallest absolute Gasteiger partial charge is 0.303 e. The van der Waals surface area contributed by atoms with E-state index in [1.54, 1.807) is 13.8 Å². The van der Waals surface area contributed by atoms with Crippen LogP contribution in [0, 0.1) is 39.4 Å². The summed E-state index contributed by atoms with van der Waals surface area (Å²) in [7, 11) is 0. The molecular weight excluding hydrogens is 512 g/mol. The number of ether oxygens (including phenoxy) is 1. The molecule has 0 amide bonds. The van der Waals surface area contributed by atoms with Crippen LogP contribution in [0.5, 0.6) is 0 Å². The predicted octanol–water partition coefficient (Wildman–Crippen LogP) is 3.50. The Labute approximate surface area is 237 Å². The Morgan fingerprint density at radius 3 is 2.23 bits per heavy atom. The molecule has 3 N–H and O–H groups in total. The molecule has 0 aromatic rings. The second-order valence-corrected chi connectivity index (χ2v) is 14.8. The van der Waals surface area contributed by atoms with Crippen molar-refractivity contribution in [2.24, 2.45) is 39.4 Å². The number of fused-ring (bicyclic) bond motifs is 5. The standard InChI is InChI=1S/C32H46O8/c1-17(33)40-27(2,3)13-12-23(36)32(9,39)25-21(35)15-29(6)22-11-10-18-19(14-20(34)26(38)28(18,4)5)31(22,8)24(37)16-30(25,29)7/h10,12-13,19-22,25,34-35,39H,11,14-16H2,1-9H3/b13-12+/t19?,20-,21+,22?,25-,29?,30+,31-,32-/m0/s1. The average molecular weight is 559 g/mol. The molecule has 8 heteroatoms. The van der Waals surface area contributed by atoms with Crippen molar-refractivity contribution in [2.45, 2.75) is 111 Å². The fourth-order valence-corrected chi connectivity index (χ4v) is 9.40. The van der Waals surface area contributed by atoms with Crippen molar-refractivity contribution in [1.82, 2.24) is 0 Å². The van der Waals surface area contributed by atoms with Crippen molar-refractivity contribution in [3.05, 3.63) is 23.8 Å². The van der Waals surface area contributed by atoms with Gasteiger partial charge in [0.25, 0.3) is 0 Å². The van der Waals surface area contributed by atoms with Gasteiger partial charge in [-0.05, 0) is 88.7 Å². The molecule has 4 aliphatic rings. The average Bonchev–Trinajstić information content (AvgIpc) is 3.01. The molecule has 3 saturated carbocycles. The van der Waals surface area contributed by atoms with Gasteiger partial charge in [-0.25, -0.2) is 0 Å². The van der Waals surface area contributed by atoms with Gasteiger partial charge in [-0.3, -0.25) is 19.2 Å². The van der Waals surface area contributed by atoms with Gasteiger partial charge in [-0.1, -0.05) is 32.4 Å². The number of hydrogen-bond acceptors (Lipinski definition) is 8. The number of carbonyl (C=O) groups excluding carboxylic acids is 4. The van der Waals surface area contributed by atoms with Gasteiger partial charge in [0.1, 0.15) is 23.1 Å². The van der Waals surface area contributed by atoms with Crippen LogP contribution in [0.4, 0.5) is 0 Å². The Hall–Kier alpha value is -2.16. The van der Waals surface area contributed by atoms with Gasteiger partial charge in [-0.2, -0.15) is 0 Å². The van der Waals surface area contributed by atoms with Crippen LogP contribution >= 0.6 is 0 Å². The molecule has 0 aromatic heterocycles. The second-order valence-electron chi connectivity index (χ2n) is 14.8. The minimum atomic E-state index is -1.99. The van der Waals surface area contributed by atoms with Gasteiger partial charge in [0.15, 0.2) is 11.6 Å². The lowest BCUT2D eigenvalue weighted by Gasteiger charge is -2.64. The Balaban J connectivity index is 1.75. The molecule has 4 aliphatic carbocycles. The van der Waals surface area contributed by atoms with Crippen molar-refractivity contribution < 1.29 is 39.2 Å². The fourth-order valence-electron chi connectivity index (χ4n) is 9.40. The van der Waals surface area contributed by atoms with E-state index < -0.39 is 62.7 Å². The highest BCUT2D eigenvalue weighted by molar-refractivity contribution is 5.98. The number of rotatable bonds is 5. The second kappa shape index (κ2) is 9.17. The first-order chi connectivity index (χ1) is 18.1. The third-order valence-electron chi connectivity index (χ3n) is 11.5. The van der Waals surface area contributed by atoms with Crippen molar-refractivity contribution in [1.29, 1.82) is 0 Å². The highest BCUT2D eigenvalue weighted by atomic mass is 16.6. The van der Waals surface area contributed by atoms with E-state index in [9.17, 15) is 34.5 Å². The van der Waals surface area contributed by atoms with Crippen LogP contribution in [0.15, 0.2) is 23.8 Å². The molecule has 4 rings (SSSR count).